The second-order valence-corrected chi connectivity index (χ2v) is 12.2. The van der Waals surface area contributed by atoms with Crippen LogP contribution in [0.4, 0.5) is 0 Å². The lowest BCUT2D eigenvalue weighted by molar-refractivity contribution is -0.0168. The predicted octanol–water partition coefficient (Wildman–Crippen LogP) is 4.45. The molecule has 4 N–H and O–H groups in total. The van der Waals surface area contributed by atoms with Crippen LogP contribution in [0.2, 0.25) is 0 Å². The Labute approximate surface area is 268 Å². The Kier molecular flexibility index (Phi) is 8.79. The fourth-order valence-electron chi connectivity index (χ4n) is 6.01. The maximum atomic E-state index is 13.5. The van der Waals surface area contributed by atoms with Crippen LogP contribution in [0, 0.1) is 12.8 Å². The number of primary amides is 1. The first kappa shape index (κ1) is 31.3. The van der Waals surface area contributed by atoms with Gasteiger partial charge < -0.3 is 20.8 Å². The van der Waals surface area contributed by atoms with Crippen LogP contribution in [-0.2, 0) is 13.0 Å². The van der Waals surface area contributed by atoms with Crippen LogP contribution in [0.1, 0.15) is 58.3 Å². The second kappa shape index (κ2) is 12.9. The highest BCUT2D eigenvalue weighted by molar-refractivity contribution is 5.96. The van der Waals surface area contributed by atoms with Gasteiger partial charge in [0.25, 0.3) is 5.91 Å². The lowest BCUT2D eigenvalue weighted by Gasteiger charge is -2.38. The summed E-state index contributed by atoms with van der Waals surface area (Å²) in [5.41, 5.74) is 17.9. The van der Waals surface area contributed by atoms with E-state index in [4.69, 9.17) is 26.2 Å². The Morgan fingerprint density at radius 1 is 1.00 bits per heavy atom. The lowest BCUT2D eigenvalue weighted by atomic mass is 10.1. The topological polar surface area (TPSA) is 137 Å². The highest BCUT2D eigenvalue weighted by Gasteiger charge is 2.29. The van der Waals surface area contributed by atoms with Gasteiger partial charge in [-0.1, -0.05) is 25.1 Å². The number of pyridine rings is 2. The van der Waals surface area contributed by atoms with Gasteiger partial charge in [-0.25, -0.2) is 15.0 Å². The van der Waals surface area contributed by atoms with Crippen LogP contribution in [0.15, 0.2) is 60.7 Å². The molecule has 1 atom stereocenters. The molecule has 5 aromatic rings. The number of methoxy groups -OCH3 is 1. The molecule has 1 unspecified atom stereocenters. The number of carbonyl (C=O) groups is 2. The van der Waals surface area contributed by atoms with Crippen molar-refractivity contribution in [2.45, 2.75) is 52.1 Å². The quantitative estimate of drug-likeness (QED) is 0.274. The molecule has 11 heteroatoms. The average molecular weight is 623 g/mol. The Morgan fingerprint density at radius 3 is 2.41 bits per heavy atom. The van der Waals surface area contributed by atoms with Crippen molar-refractivity contribution in [1.82, 2.24) is 29.0 Å². The van der Waals surface area contributed by atoms with E-state index in [-0.39, 0.29) is 17.9 Å². The number of nitrogens with zero attached hydrogens (tertiary/aromatic N) is 6. The molecular formula is C35H42N8O3. The molecule has 46 heavy (non-hydrogen) atoms. The van der Waals surface area contributed by atoms with Crippen molar-refractivity contribution in [2.24, 2.45) is 17.4 Å². The molecule has 1 saturated heterocycles. The molecule has 1 aliphatic carbocycles. The van der Waals surface area contributed by atoms with Crippen molar-refractivity contribution in [2.75, 3.05) is 27.2 Å². The standard InChI is InChI=1S/C28H35N7O2.C7H7NO/c1-5-22-9-8-19-12-23(33(27(19)30-22)15-18-6-7-18)26-17(2)35-24(31-26)13-20(14-25(35)37-4)28(36)34-16-21(29)10-11-32(34)3;8-7(9)6-4-2-1-3-5-6/h8-9,12-14,18,21H,5-7,10-11,15-16,29H2,1-4H3;1-5H,(H2,8,9). The van der Waals surface area contributed by atoms with Crippen molar-refractivity contribution < 1.29 is 14.3 Å². The van der Waals surface area contributed by atoms with Crippen LogP contribution in [0.25, 0.3) is 28.1 Å². The van der Waals surface area contributed by atoms with Crippen molar-refractivity contribution in [1.29, 1.82) is 0 Å². The van der Waals surface area contributed by atoms with E-state index in [1.54, 1.807) is 42.5 Å². The summed E-state index contributed by atoms with van der Waals surface area (Å²) in [6.45, 7) is 6.37. The SMILES string of the molecule is CCc1ccc2cc(-c3nc4cc(C(=O)N5CC(N)CCN5C)cc(OC)n4c3C)n(CC3CC3)c2n1.NC(=O)c1ccccc1. The van der Waals surface area contributed by atoms with Gasteiger partial charge in [-0.3, -0.25) is 19.0 Å². The van der Waals surface area contributed by atoms with Crippen LogP contribution in [0.3, 0.4) is 0 Å². The van der Waals surface area contributed by atoms with E-state index in [2.05, 4.69) is 36.6 Å². The Hall–Kier alpha value is -4.74. The number of hydrogen-bond acceptors (Lipinski definition) is 7. The van der Waals surface area contributed by atoms with E-state index in [9.17, 15) is 9.59 Å². The number of amides is 2. The van der Waals surface area contributed by atoms with Crippen LogP contribution in [-0.4, -0.2) is 74.1 Å². The first-order valence-electron chi connectivity index (χ1n) is 15.9. The zero-order valence-corrected chi connectivity index (χ0v) is 26.9. The van der Waals surface area contributed by atoms with E-state index in [1.807, 2.05) is 28.6 Å². The van der Waals surface area contributed by atoms with Crippen molar-refractivity contribution in [3.05, 3.63) is 83.2 Å². The van der Waals surface area contributed by atoms with Gasteiger partial charge in [0, 0.05) is 54.5 Å². The fraction of sp³-hybridized carbons (Fsp3) is 0.371. The van der Waals surface area contributed by atoms with E-state index in [0.29, 0.717) is 35.1 Å². The summed E-state index contributed by atoms with van der Waals surface area (Å²) in [4.78, 5) is 34.0. The lowest BCUT2D eigenvalue weighted by Crippen LogP contribution is -2.55. The monoisotopic (exact) mass is 622 g/mol. The molecule has 1 aromatic carbocycles. The smallest absolute Gasteiger partial charge is 0.268 e. The van der Waals surface area contributed by atoms with Crippen molar-refractivity contribution in [3.63, 3.8) is 0 Å². The number of hydrogen-bond donors (Lipinski definition) is 2. The first-order chi connectivity index (χ1) is 22.2. The third kappa shape index (κ3) is 6.20. The largest absolute Gasteiger partial charge is 0.482 e. The number of imidazole rings is 1. The molecule has 0 bridgehead atoms. The molecule has 7 rings (SSSR count). The number of hydrazine groups is 1. The molecule has 0 spiro atoms. The van der Waals surface area contributed by atoms with Gasteiger partial charge in [-0.2, -0.15) is 0 Å². The summed E-state index contributed by atoms with van der Waals surface area (Å²) in [6.07, 6.45) is 4.28. The fourth-order valence-corrected chi connectivity index (χ4v) is 6.01. The molecule has 4 aromatic heterocycles. The first-order valence-corrected chi connectivity index (χ1v) is 15.9. The number of carbonyl (C=O) groups excluding carboxylic acids is 2. The zero-order valence-electron chi connectivity index (χ0n) is 26.9. The summed E-state index contributed by atoms with van der Waals surface area (Å²) in [6, 6.07) is 18.9. The van der Waals surface area contributed by atoms with Gasteiger partial charge in [-0.05, 0) is 74.9 Å². The van der Waals surface area contributed by atoms with Crippen LogP contribution in [0.5, 0.6) is 5.88 Å². The normalized spacial score (nSPS) is 16.8. The molecule has 1 saturated carbocycles. The number of aryl methyl sites for hydroxylation is 2. The third-order valence-electron chi connectivity index (χ3n) is 8.85. The van der Waals surface area contributed by atoms with Gasteiger partial charge >= 0.3 is 0 Å². The second-order valence-electron chi connectivity index (χ2n) is 12.2. The Balaban J connectivity index is 0.000000358. The molecule has 2 fully saturated rings. The number of ether oxygens (including phenoxy) is 1. The van der Waals surface area contributed by atoms with Gasteiger partial charge in [-0.15, -0.1) is 0 Å². The van der Waals surface area contributed by atoms with E-state index >= 15 is 0 Å². The Bertz CT molecular complexity index is 1890. The van der Waals surface area contributed by atoms with Crippen LogP contribution < -0.4 is 16.2 Å². The summed E-state index contributed by atoms with van der Waals surface area (Å²) in [5.74, 6) is 0.790. The molecule has 2 aliphatic rings. The summed E-state index contributed by atoms with van der Waals surface area (Å²) < 4.78 is 10.1. The highest BCUT2D eigenvalue weighted by atomic mass is 16.5. The van der Waals surface area contributed by atoms with Gasteiger partial charge in [0.05, 0.1) is 25.0 Å². The highest BCUT2D eigenvalue weighted by Crippen LogP contribution is 2.37. The molecule has 240 valence electrons. The molecule has 0 radical (unpaired) electrons. The van der Waals surface area contributed by atoms with E-state index < -0.39 is 0 Å². The van der Waals surface area contributed by atoms with E-state index in [1.165, 1.54) is 12.8 Å². The summed E-state index contributed by atoms with van der Waals surface area (Å²) in [5, 5.41) is 4.79. The maximum absolute atomic E-state index is 13.5. The average Bonchev–Trinajstić information content (AvgIpc) is 3.74. The van der Waals surface area contributed by atoms with E-state index in [0.717, 1.165) is 59.7 Å². The summed E-state index contributed by atoms with van der Waals surface area (Å²) in [7, 11) is 3.55. The molecule has 5 heterocycles. The van der Waals surface area contributed by atoms with Gasteiger partial charge in [0.2, 0.25) is 5.91 Å². The minimum Gasteiger partial charge on any atom is -0.482 e. The zero-order chi connectivity index (χ0) is 32.5. The molecule has 2 amide bonds. The maximum Gasteiger partial charge on any atom is 0.268 e. The third-order valence-corrected chi connectivity index (χ3v) is 8.85. The predicted molar refractivity (Wildman–Crippen MR) is 179 cm³/mol. The number of fused-ring (bicyclic) bond motifs is 2. The minimum atomic E-state index is -0.379. The molecule has 1 aliphatic heterocycles. The van der Waals surface area contributed by atoms with Crippen LogP contribution >= 0.6 is 0 Å². The number of nitrogens with two attached hydrogens (primary N) is 2. The summed E-state index contributed by atoms with van der Waals surface area (Å²) >= 11 is 0. The van der Waals surface area contributed by atoms with Crippen molar-refractivity contribution >= 4 is 28.5 Å². The van der Waals surface area contributed by atoms with Crippen molar-refractivity contribution in [3.8, 4) is 17.3 Å². The Morgan fingerprint density at radius 2 is 1.76 bits per heavy atom. The number of benzene rings is 1. The minimum absolute atomic E-state index is 0.0266. The number of rotatable bonds is 7. The van der Waals surface area contributed by atoms with Gasteiger partial charge in [0.1, 0.15) is 17.0 Å². The van der Waals surface area contributed by atoms with Gasteiger partial charge in [0.15, 0.2) is 5.88 Å². The molecular weight excluding hydrogens is 580 g/mol. The molecule has 11 nitrogen and oxygen atoms in total. The number of aromatic nitrogens is 4.